The maximum atomic E-state index is 11.8. The minimum absolute atomic E-state index is 0.320. The Morgan fingerprint density at radius 1 is 0.625 bits per heavy atom. The molecule has 4 atom stereocenters. The van der Waals surface area contributed by atoms with Gasteiger partial charge in [-0.2, -0.15) is 0 Å². The summed E-state index contributed by atoms with van der Waals surface area (Å²) in [5, 5.41) is 1.21. The van der Waals surface area contributed by atoms with Crippen molar-refractivity contribution < 1.29 is 47.6 Å². The van der Waals surface area contributed by atoms with E-state index in [4.69, 9.17) is 28.4 Å². The van der Waals surface area contributed by atoms with E-state index in [-0.39, 0.29) is 0 Å². The molecule has 0 fully saturated rings. The summed E-state index contributed by atoms with van der Waals surface area (Å²) in [6.07, 6.45) is -4.56. The molecule has 2 aliphatic heterocycles. The largest absolute Gasteiger partial charge is 0.450 e. The second kappa shape index (κ2) is 8.03. The quantitative estimate of drug-likeness (QED) is 0.513. The van der Waals surface area contributed by atoms with Crippen molar-refractivity contribution in [2.45, 2.75) is 52.5 Å². The molecule has 0 radical (unpaired) electrons. The number of ether oxygens (including phenoxy) is 6. The number of esters is 4. The summed E-state index contributed by atoms with van der Waals surface area (Å²) in [5.41, 5.74) is 0.843. The molecule has 0 unspecified atom stereocenters. The second-order valence-corrected chi connectivity index (χ2v) is 7.30. The first kappa shape index (κ1) is 21.4. The van der Waals surface area contributed by atoms with Crippen molar-refractivity contribution in [2.24, 2.45) is 0 Å². The topological polar surface area (TPSA) is 124 Å². The molecule has 2 heterocycles. The third-order valence-electron chi connectivity index (χ3n) is 4.89. The second-order valence-electron chi connectivity index (χ2n) is 7.30. The van der Waals surface area contributed by atoms with Crippen molar-refractivity contribution in [3.8, 4) is 11.5 Å². The molecule has 2 aromatic carbocycles. The predicted molar refractivity (Wildman–Crippen MR) is 105 cm³/mol. The van der Waals surface area contributed by atoms with Gasteiger partial charge in [-0.15, -0.1) is 0 Å². The van der Waals surface area contributed by atoms with Gasteiger partial charge >= 0.3 is 23.9 Å². The summed E-state index contributed by atoms with van der Waals surface area (Å²) in [6, 6.07) is 6.81. The first-order valence-corrected chi connectivity index (χ1v) is 9.77. The van der Waals surface area contributed by atoms with Gasteiger partial charge in [-0.3, -0.25) is 19.2 Å². The number of carbonyl (C=O) groups is 4. The smallest absolute Gasteiger partial charge is 0.305 e. The van der Waals surface area contributed by atoms with Crippen LogP contribution in [0.2, 0.25) is 0 Å². The van der Waals surface area contributed by atoms with Crippen LogP contribution in [0.25, 0.3) is 10.8 Å². The van der Waals surface area contributed by atoms with Gasteiger partial charge in [0, 0.05) is 33.1 Å². The van der Waals surface area contributed by atoms with Crippen LogP contribution in [0, 0.1) is 0 Å². The fraction of sp³-hybridized carbons (Fsp3) is 0.364. The number of hydrogen-bond donors (Lipinski definition) is 0. The molecule has 0 N–H and O–H groups in total. The zero-order chi connectivity index (χ0) is 23.2. The van der Waals surface area contributed by atoms with Gasteiger partial charge in [-0.25, -0.2) is 0 Å². The monoisotopic (exact) mass is 444 g/mol. The third kappa shape index (κ3) is 3.79. The van der Waals surface area contributed by atoms with Crippen LogP contribution in [0.3, 0.4) is 0 Å². The Hall–Kier alpha value is -3.82. The number of hydrogen-bond acceptors (Lipinski definition) is 10. The van der Waals surface area contributed by atoms with Crippen LogP contribution in [0.4, 0.5) is 0 Å². The van der Waals surface area contributed by atoms with E-state index < -0.39 is 48.7 Å². The van der Waals surface area contributed by atoms with Gasteiger partial charge in [0.1, 0.15) is 11.5 Å². The fourth-order valence-electron chi connectivity index (χ4n) is 3.94. The van der Waals surface area contributed by atoms with Crippen molar-refractivity contribution >= 4 is 34.6 Å². The molecule has 4 rings (SSSR count). The molecular weight excluding hydrogens is 424 g/mol. The molecule has 2 aliphatic rings. The van der Waals surface area contributed by atoms with E-state index in [9.17, 15) is 19.2 Å². The number of carbonyl (C=O) groups excluding carboxylic acids is 4. The van der Waals surface area contributed by atoms with Crippen LogP contribution in [0.15, 0.2) is 24.3 Å². The Morgan fingerprint density at radius 2 is 1.00 bits per heavy atom. The van der Waals surface area contributed by atoms with Gasteiger partial charge in [-0.05, 0) is 17.5 Å². The Morgan fingerprint density at radius 3 is 1.34 bits per heavy atom. The summed E-state index contributed by atoms with van der Waals surface area (Å²) in [6.45, 7) is 4.86. The summed E-state index contributed by atoms with van der Waals surface area (Å²) in [7, 11) is 0. The highest BCUT2D eigenvalue weighted by Crippen LogP contribution is 2.51. The van der Waals surface area contributed by atoms with E-state index >= 15 is 0 Å². The van der Waals surface area contributed by atoms with Gasteiger partial charge in [0.2, 0.25) is 12.2 Å². The van der Waals surface area contributed by atoms with Gasteiger partial charge < -0.3 is 28.4 Å². The minimum atomic E-state index is -1.20. The average Bonchev–Trinajstić information content (AvgIpc) is 3.18. The van der Waals surface area contributed by atoms with E-state index in [2.05, 4.69) is 0 Å². The zero-order valence-corrected chi connectivity index (χ0v) is 17.7. The molecule has 0 saturated heterocycles. The predicted octanol–water partition coefficient (Wildman–Crippen LogP) is 2.61. The first-order valence-electron chi connectivity index (χ1n) is 9.77. The lowest BCUT2D eigenvalue weighted by Crippen LogP contribution is -2.28. The summed E-state index contributed by atoms with van der Waals surface area (Å²) < 4.78 is 32.8. The SMILES string of the molecule is CC(=O)O[C@@H]1Oc2ccc3ccc4c(c3c2[C@@H]1OC(C)=O)[C@H](OC(C)=O)[C@H](OC(C)=O)O4. The minimum Gasteiger partial charge on any atom is -0.450 e. The molecule has 0 amide bonds. The molecule has 10 nitrogen and oxygen atoms in total. The number of rotatable bonds is 4. The molecule has 168 valence electrons. The maximum Gasteiger partial charge on any atom is 0.305 e. The van der Waals surface area contributed by atoms with Crippen LogP contribution >= 0.6 is 0 Å². The molecule has 32 heavy (non-hydrogen) atoms. The first-order chi connectivity index (χ1) is 15.2. The van der Waals surface area contributed by atoms with Crippen LogP contribution in [-0.2, 0) is 38.1 Å². The lowest BCUT2D eigenvalue weighted by Gasteiger charge is -2.20. The third-order valence-corrected chi connectivity index (χ3v) is 4.89. The molecule has 0 bridgehead atoms. The molecule has 0 aromatic heterocycles. The van der Waals surface area contributed by atoms with Crippen LogP contribution in [0.1, 0.15) is 51.0 Å². The maximum absolute atomic E-state index is 11.8. The Bertz CT molecular complexity index is 1050. The van der Waals surface area contributed by atoms with Crippen LogP contribution < -0.4 is 9.47 Å². The number of fused-ring (bicyclic) bond motifs is 5. The average molecular weight is 444 g/mol. The Labute approximate surface area is 182 Å². The number of benzene rings is 2. The highest BCUT2D eigenvalue weighted by molar-refractivity contribution is 5.94. The zero-order valence-electron chi connectivity index (χ0n) is 17.7. The van der Waals surface area contributed by atoms with Crippen LogP contribution in [0.5, 0.6) is 11.5 Å². The van der Waals surface area contributed by atoms with E-state index in [1.165, 1.54) is 27.7 Å². The van der Waals surface area contributed by atoms with Gasteiger partial charge in [0.15, 0.2) is 0 Å². The molecular formula is C22H20O10. The Kier molecular flexibility index (Phi) is 5.37. The summed E-state index contributed by atoms with van der Waals surface area (Å²) in [5.74, 6) is -1.82. The van der Waals surface area contributed by atoms with E-state index in [1.807, 2.05) is 0 Å². The standard InChI is InChI=1S/C22H20O10/c1-9(23)27-19-17-14(31-21(19)29-11(3)25)7-5-13-6-8-15-18(16(13)17)20(28-10(2)24)22(32-15)30-12(4)26/h5-8,19-22H,1-4H3/t19-,20-,21+,22+/m0/s1. The molecule has 0 aliphatic carbocycles. The van der Waals surface area contributed by atoms with Crippen molar-refractivity contribution in [3.05, 3.63) is 35.4 Å². The lowest BCUT2D eigenvalue weighted by molar-refractivity contribution is -0.184. The Balaban J connectivity index is 1.92. The van der Waals surface area contributed by atoms with Gasteiger partial charge in [-0.1, -0.05) is 12.1 Å². The van der Waals surface area contributed by atoms with Gasteiger partial charge in [0.25, 0.3) is 12.6 Å². The molecule has 10 heteroatoms. The lowest BCUT2D eigenvalue weighted by atomic mass is 9.93. The molecule has 0 saturated carbocycles. The van der Waals surface area contributed by atoms with Gasteiger partial charge in [0.05, 0.1) is 11.1 Å². The summed E-state index contributed by atoms with van der Waals surface area (Å²) >= 11 is 0. The normalized spacial score (nSPS) is 22.8. The molecule has 2 aromatic rings. The van der Waals surface area contributed by atoms with Crippen LogP contribution in [-0.4, -0.2) is 36.5 Å². The van der Waals surface area contributed by atoms with Crippen molar-refractivity contribution in [3.63, 3.8) is 0 Å². The van der Waals surface area contributed by atoms with E-state index in [1.54, 1.807) is 24.3 Å². The molecule has 0 spiro atoms. The van der Waals surface area contributed by atoms with Crippen molar-refractivity contribution in [2.75, 3.05) is 0 Å². The van der Waals surface area contributed by atoms with Crippen molar-refractivity contribution in [1.82, 2.24) is 0 Å². The fourth-order valence-corrected chi connectivity index (χ4v) is 3.94. The highest BCUT2D eigenvalue weighted by Gasteiger charge is 2.46. The van der Waals surface area contributed by atoms with Crippen molar-refractivity contribution in [1.29, 1.82) is 0 Å². The van der Waals surface area contributed by atoms with E-state index in [0.717, 1.165) is 0 Å². The highest BCUT2D eigenvalue weighted by atomic mass is 16.7. The summed E-state index contributed by atoms with van der Waals surface area (Å²) in [4.78, 5) is 46.8. The van der Waals surface area contributed by atoms with E-state index in [0.29, 0.717) is 33.4 Å².